The minimum Gasteiger partial charge on any atom is -0.354 e. The van der Waals surface area contributed by atoms with Crippen molar-refractivity contribution in [1.82, 2.24) is 15.1 Å². The van der Waals surface area contributed by atoms with E-state index >= 15 is 0 Å². The van der Waals surface area contributed by atoms with Crippen LogP contribution in [-0.4, -0.2) is 67.5 Å². The fraction of sp³-hybridized carbons (Fsp3) is 0.706. The molecule has 1 N–H and O–H groups in total. The van der Waals surface area contributed by atoms with Crippen molar-refractivity contribution in [1.29, 1.82) is 0 Å². The van der Waals surface area contributed by atoms with E-state index in [2.05, 4.69) is 77.3 Å². The summed E-state index contributed by atoms with van der Waals surface area (Å²) >= 11 is 3.92. The van der Waals surface area contributed by atoms with Gasteiger partial charge in [0.25, 0.3) is 0 Å². The molecule has 6 heteroatoms. The lowest BCUT2D eigenvalue weighted by atomic mass is 10.1. The Hall–Kier alpha value is -0.720. The van der Waals surface area contributed by atoms with Crippen LogP contribution < -0.4 is 5.32 Å². The summed E-state index contributed by atoms with van der Waals surface area (Å²) in [6.45, 7) is 7.69. The average molecular weight is 355 g/mol. The second kappa shape index (κ2) is 8.94. The van der Waals surface area contributed by atoms with Crippen molar-refractivity contribution in [3.63, 3.8) is 0 Å². The predicted molar refractivity (Wildman–Crippen MR) is 105 cm³/mol. The number of hydrogen-bond donors (Lipinski definition) is 1. The third-order valence-electron chi connectivity index (χ3n) is 4.30. The Balaban J connectivity index is 1.96. The highest BCUT2D eigenvalue weighted by molar-refractivity contribution is 8.00. The highest BCUT2D eigenvalue weighted by Crippen LogP contribution is 2.25. The molecular formula is C17H30N4S2. The van der Waals surface area contributed by atoms with E-state index in [1.54, 1.807) is 0 Å². The van der Waals surface area contributed by atoms with Crippen LogP contribution in [0.1, 0.15) is 24.8 Å². The largest absolute Gasteiger partial charge is 0.354 e. The molecular weight excluding hydrogens is 324 g/mol. The molecule has 0 bridgehead atoms. The molecule has 2 rings (SSSR count). The summed E-state index contributed by atoms with van der Waals surface area (Å²) < 4.78 is 0. The molecule has 0 spiro atoms. The second-order valence-corrected chi connectivity index (χ2v) is 8.85. The highest BCUT2D eigenvalue weighted by Gasteiger charge is 2.25. The molecule has 1 aliphatic heterocycles. The Morgan fingerprint density at radius 2 is 2.26 bits per heavy atom. The molecule has 0 radical (unpaired) electrons. The zero-order chi connectivity index (χ0) is 16.8. The maximum atomic E-state index is 4.53. The van der Waals surface area contributed by atoms with Crippen LogP contribution >= 0.6 is 23.1 Å². The van der Waals surface area contributed by atoms with E-state index < -0.39 is 0 Å². The van der Waals surface area contributed by atoms with E-state index in [1.165, 1.54) is 10.6 Å². The lowest BCUT2D eigenvalue weighted by Crippen LogP contribution is -2.50. The minimum absolute atomic E-state index is 0.381. The molecule has 2 atom stereocenters. The molecule has 1 fully saturated rings. The number of thioether (sulfide) groups is 1. The Morgan fingerprint density at radius 3 is 2.83 bits per heavy atom. The zero-order valence-corrected chi connectivity index (χ0v) is 16.6. The molecule has 0 saturated carbocycles. The molecule has 0 aromatic carbocycles. The van der Waals surface area contributed by atoms with Crippen molar-refractivity contribution in [2.24, 2.45) is 10.9 Å². The van der Waals surface area contributed by atoms with Crippen LogP contribution in [0.15, 0.2) is 22.5 Å². The summed E-state index contributed by atoms with van der Waals surface area (Å²) in [4.78, 5) is 10.6. The number of hydrogen-bond acceptors (Lipinski definition) is 4. The van der Waals surface area contributed by atoms with Gasteiger partial charge in [-0.3, -0.25) is 4.99 Å². The Morgan fingerprint density at radius 1 is 1.48 bits per heavy atom. The highest BCUT2D eigenvalue weighted by atomic mass is 32.2. The summed E-state index contributed by atoms with van der Waals surface area (Å²) in [7, 11) is 6.17. The van der Waals surface area contributed by atoms with Crippen molar-refractivity contribution < 1.29 is 0 Å². The van der Waals surface area contributed by atoms with E-state index in [-0.39, 0.29) is 0 Å². The quantitative estimate of drug-likeness (QED) is 0.650. The number of nitrogens with one attached hydrogen (secondary N) is 1. The fourth-order valence-electron chi connectivity index (χ4n) is 2.81. The number of rotatable bonds is 5. The number of aliphatic imine (C=N–C) groups is 1. The Labute approximate surface area is 149 Å². The number of thiophene rings is 1. The molecule has 4 nitrogen and oxygen atoms in total. The average Bonchev–Trinajstić information content (AvgIpc) is 3.05. The van der Waals surface area contributed by atoms with Gasteiger partial charge in [0.15, 0.2) is 5.96 Å². The summed E-state index contributed by atoms with van der Waals surface area (Å²) in [6, 6.07) is 4.72. The van der Waals surface area contributed by atoms with Gasteiger partial charge in [0.2, 0.25) is 0 Å². The number of guanidine groups is 1. The Bertz CT molecular complexity index is 485. The summed E-state index contributed by atoms with van der Waals surface area (Å²) in [5.74, 6) is 2.94. The third kappa shape index (κ3) is 5.13. The third-order valence-corrected chi connectivity index (χ3v) is 6.81. The molecule has 1 saturated heterocycles. The maximum absolute atomic E-state index is 4.53. The molecule has 1 aliphatic rings. The molecule has 2 unspecified atom stereocenters. The van der Waals surface area contributed by atoms with Crippen molar-refractivity contribution in [3.8, 4) is 0 Å². The van der Waals surface area contributed by atoms with Crippen molar-refractivity contribution in [2.45, 2.75) is 25.1 Å². The van der Waals surface area contributed by atoms with Crippen LogP contribution in [-0.2, 0) is 0 Å². The van der Waals surface area contributed by atoms with Gasteiger partial charge < -0.3 is 15.1 Å². The van der Waals surface area contributed by atoms with E-state index in [4.69, 9.17) is 0 Å². The maximum Gasteiger partial charge on any atom is 0.193 e. The first-order valence-corrected chi connectivity index (χ1v) is 10.2. The fourth-order valence-corrected chi connectivity index (χ4v) is 5.03. The molecule has 1 aromatic heterocycles. The van der Waals surface area contributed by atoms with E-state index in [9.17, 15) is 0 Å². The van der Waals surface area contributed by atoms with Crippen LogP contribution in [0.25, 0.3) is 0 Å². The molecule has 23 heavy (non-hydrogen) atoms. The monoisotopic (exact) mass is 354 g/mol. The van der Waals surface area contributed by atoms with Crippen LogP contribution in [0.4, 0.5) is 0 Å². The van der Waals surface area contributed by atoms with Gasteiger partial charge in [-0.2, -0.15) is 11.8 Å². The van der Waals surface area contributed by atoms with Gasteiger partial charge in [-0.25, -0.2) is 0 Å². The van der Waals surface area contributed by atoms with Gasteiger partial charge in [0.05, 0.1) is 6.04 Å². The van der Waals surface area contributed by atoms with Gasteiger partial charge in [0.1, 0.15) is 0 Å². The van der Waals surface area contributed by atoms with Gasteiger partial charge in [0, 0.05) is 42.6 Å². The Kier molecular flexibility index (Phi) is 7.24. The molecule has 0 amide bonds. The summed E-state index contributed by atoms with van der Waals surface area (Å²) in [6.07, 6.45) is 0. The molecule has 0 aliphatic carbocycles. The van der Waals surface area contributed by atoms with Crippen molar-refractivity contribution in [2.75, 3.05) is 46.5 Å². The zero-order valence-electron chi connectivity index (χ0n) is 15.0. The van der Waals surface area contributed by atoms with Crippen LogP contribution in [0, 0.1) is 5.92 Å². The first kappa shape index (κ1) is 18.6. The first-order valence-electron chi connectivity index (χ1n) is 8.30. The molecule has 1 aromatic rings. The van der Waals surface area contributed by atoms with E-state index in [0.717, 1.165) is 25.6 Å². The van der Waals surface area contributed by atoms with Crippen molar-refractivity contribution >= 4 is 29.1 Å². The second-order valence-electron chi connectivity index (χ2n) is 6.52. The van der Waals surface area contributed by atoms with Gasteiger partial charge in [-0.15, -0.1) is 11.3 Å². The smallest absolute Gasteiger partial charge is 0.193 e. The van der Waals surface area contributed by atoms with Gasteiger partial charge in [-0.1, -0.05) is 19.9 Å². The summed E-state index contributed by atoms with van der Waals surface area (Å²) in [5, 5.41) is 6.45. The SMILES string of the molecule is CN=C(NCC(c1cccs1)N(C)C)N1CCSC(C(C)C)C1. The molecule has 2 heterocycles. The normalized spacial score (nSPS) is 21.1. The van der Waals surface area contributed by atoms with Gasteiger partial charge in [-0.05, 0) is 31.5 Å². The van der Waals surface area contributed by atoms with E-state index in [1.807, 2.05) is 18.4 Å². The van der Waals surface area contributed by atoms with Crippen LogP contribution in [0.2, 0.25) is 0 Å². The summed E-state index contributed by atoms with van der Waals surface area (Å²) in [5.41, 5.74) is 0. The number of nitrogens with zero attached hydrogens (tertiary/aromatic N) is 3. The minimum atomic E-state index is 0.381. The lowest BCUT2D eigenvalue weighted by molar-refractivity contribution is 0.297. The van der Waals surface area contributed by atoms with E-state index in [0.29, 0.717) is 17.2 Å². The standard InChI is InChI=1S/C17H30N4S2/c1-13(2)16-12-21(8-10-23-16)17(18-3)19-11-14(20(4)5)15-7-6-9-22-15/h6-7,9,13-14,16H,8,10-12H2,1-5H3,(H,18,19). The predicted octanol–water partition coefficient (Wildman–Crippen LogP) is 3.00. The topological polar surface area (TPSA) is 30.9 Å². The first-order chi connectivity index (χ1) is 11.0. The lowest BCUT2D eigenvalue weighted by Gasteiger charge is -2.37. The van der Waals surface area contributed by atoms with Crippen LogP contribution in [0.5, 0.6) is 0 Å². The van der Waals surface area contributed by atoms with Crippen molar-refractivity contribution in [3.05, 3.63) is 22.4 Å². The van der Waals surface area contributed by atoms with Gasteiger partial charge >= 0.3 is 0 Å². The molecule has 130 valence electrons. The number of likely N-dealkylation sites (N-methyl/N-ethyl adjacent to an activating group) is 1. The van der Waals surface area contributed by atoms with Crippen LogP contribution in [0.3, 0.4) is 0 Å².